The van der Waals surface area contributed by atoms with E-state index in [9.17, 15) is 13.2 Å². The van der Waals surface area contributed by atoms with Crippen LogP contribution in [0.4, 0.5) is 0 Å². The van der Waals surface area contributed by atoms with Gasteiger partial charge < -0.3 is 0 Å². The number of hydrogen-bond donors (Lipinski definition) is 0. The Bertz CT molecular complexity index is 1060. The Morgan fingerprint density at radius 3 is 2.37 bits per heavy atom. The van der Waals surface area contributed by atoms with Crippen molar-refractivity contribution in [1.29, 1.82) is 0 Å². The van der Waals surface area contributed by atoms with Crippen LogP contribution in [0, 0.1) is 6.92 Å². The minimum atomic E-state index is -3.73. The van der Waals surface area contributed by atoms with Crippen LogP contribution in [0.5, 0.6) is 0 Å². The van der Waals surface area contributed by atoms with Crippen molar-refractivity contribution < 1.29 is 13.2 Å². The van der Waals surface area contributed by atoms with Gasteiger partial charge in [-0.05, 0) is 38.0 Å². The second-order valence-corrected chi connectivity index (χ2v) is 10.3. The molecule has 2 aromatic rings. The van der Waals surface area contributed by atoms with E-state index in [1.165, 1.54) is 0 Å². The predicted molar refractivity (Wildman–Crippen MR) is 117 cm³/mol. The zero-order chi connectivity index (χ0) is 21.5. The predicted octanol–water partition coefficient (Wildman–Crippen LogP) is 4.41. The average molecular weight is 425 g/mol. The maximum atomic E-state index is 13.9. The van der Waals surface area contributed by atoms with Crippen LogP contribution in [0.2, 0.25) is 0 Å². The molecule has 30 heavy (non-hydrogen) atoms. The lowest BCUT2D eigenvalue weighted by Gasteiger charge is -2.29. The number of aryl methyl sites for hydroxylation is 1. The number of sulfone groups is 1. The van der Waals surface area contributed by atoms with Gasteiger partial charge in [0.25, 0.3) is 0 Å². The number of benzene rings is 2. The number of unbranched alkanes of at least 4 members (excludes halogenated alkanes) is 1. The summed E-state index contributed by atoms with van der Waals surface area (Å²) in [5.41, 5.74) is 2.51. The number of amides is 1. The van der Waals surface area contributed by atoms with Gasteiger partial charge in [-0.15, -0.1) is 0 Å². The average Bonchev–Trinajstić information content (AvgIpc) is 3.23. The Morgan fingerprint density at radius 1 is 1.07 bits per heavy atom. The molecule has 2 aliphatic heterocycles. The first kappa shape index (κ1) is 20.8. The van der Waals surface area contributed by atoms with Gasteiger partial charge in [-0.1, -0.05) is 67.4 Å². The van der Waals surface area contributed by atoms with Crippen LogP contribution >= 0.6 is 0 Å². The van der Waals surface area contributed by atoms with E-state index in [4.69, 9.17) is 0 Å². The molecule has 2 saturated heterocycles. The van der Waals surface area contributed by atoms with Crippen molar-refractivity contribution in [2.75, 3.05) is 0 Å². The van der Waals surface area contributed by atoms with E-state index in [-0.39, 0.29) is 11.9 Å². The van der Waals surface area contributed by atoms with E-state index in [1.807, 2.05) is 67.4 Å². The van der Waals surface area contributed by atoms with Crippen LogP contribution in [-0.4, -0.2) is 35.6 Å². The molecule has 1 amide bonds. The number of rotatable bonds is 5. The van der Waals surface area contributed by atoms with Crippen molar-refractivity contribution in [1.82, 2.24) is 10.0 Å². The summed E-state index contributed by atoms with van der Waals surface area (Å²) in [7, 11) is -3.73. The molecule has 3 unspecified atom stereocenters. The number of carbonyl (C=O) groups is 1. The summed E-state index contributed by atoms with van der Waals surface area (Å²) in [6.07, 6.45) is 3.95. The fraction of sp³-hybridized carbons (Fsp3) is 0.375. The molecular weight excluding hydrogens is 396 g/mol. The van der Waals surface area contributed by atoms with E-state index in [2.05, 4.69) is 6.92 Å². The molecule has 0 aromatic heterocycles. The molecule has 6 heteroatoms. The van der Waals surface area contributed by atoms with Crippen molar-refractivity contribution in [3.8, 4) is 0 Å². The molecule has 5 nitrogen and oxygen atoms in total. The number of carbonyl (C=O) groups excluding carboxylic acids is 1. The molecule has 2 aliphatic rings. The summed E-state index contributed by atoms with van der Waals surface area (Å²) >= 11 is 0. The fourth-order valence-electron chi connectivity index (χ4n) is 4.53. The maximum absolute atomic E-state index is 13.9. The molecule has 2 fully saturated rings. The van der Waals surface area contributed by atoms with Crippen LogP contribution in [0.3, 0.4) is 0 Å². The third-order valence-electron chi connectivity index (χ3n) is 5.96. The molecular formula is C24H28N2O3S. The van der Waals surface area contributed by atoms with Crippen molar-refractivity contribution in [2.45, 2.75) is 62.3 Å². The first-order valence-electron chi connectivity index (χ1n) is 10.5. The third-order valence-corrected chi connectivity index (χ3v) is 8.06. The number of fused-ring (bicyclic) bond motifs is 1. The fourth-order valence-corrected chi connectivity index (χ4v) is 6.48. The molecule has 0 radical (unpaired) electrons. The molecule has 4 rings (SSSR count). The summed E-state index contributed by atoms with van der Waals surface area (Å²) in [6, 6.07) is 16.2. The van der Waals surface area contributed by atoms with Crippen molar-refractivity contribution in [3.05, 3.63) is 77.5 Å². The van der Waals surface area contributed by atoms with Gasteiger partial charge >= 0.3 is 0 Å². The molecule has 0 spiro atoms. The van der Waals surface area contributed by atoms with Gasteiger partial charge in [-0.2, -0.15) is 0 Å². The first-order valence-corrected chi connectivity index (χ1v) is 12.1. The smallest absolute Gasteiger partial charge is 0.242 e. The van der Waals surface area contributed by atoms with E-state index in [1.54, 1.807) is 17.1 Å². The highest BCUT2D eigenvalue weighted by Crippen LogP contribution is 2.49. The van der Waals surface area contributed by atoms with Gasteiger partial charge in [0, 0.05) is 12.5 Å². The number of nitrogens with zero attached hydrogens (tertiary/aromatic N) is 2. The largest absolute Gasteiger partial charge is 0.273 e. The summed E-state index contributed by atoms with van der Waals surface area (Å²) in [5, 5.41) is 2.80. The Hall–Kier alpha value is -2.44. The van der Waals surface area contributed by atoms with Gasteiger partial charge in [0.2, 0.25) is 5.91 Å². The zero-order valence-corrected chi connectivity index (χ0v) is 18.5. The highest BCUT2D eigenvalue weighted by Gasteiger charge is 2.57. The van der Waals surface area contributed by atoms with Gasteiger partial charge in [0.1, 0.15) is 5.25 Å². The van der Waals surface area contributed by atoms with E-state index < -0.39 is 21.1 Å². The van der Waals surface area contributed by atoms with Crippen molar-refractivity contribution in [2.24, 2.45) is 0 Å². The minimum Gasteiger partial charge on any atom is -0.273 e. The van der Waals surface area contributed by atoms with Gasteiger partial charge in [-0.25, -0.2) is 18.4 Å². The summed E-state index contributed by atoms with van der Waals surface area (Å²) in [4.78, 5) is 13.2. The van der Waals surface area contributed by atoms with Crippen LogP contribution in [0.15, 0.2) is 71.3 Å². The molecule has 0 aliphatic carbocycles. The summed E-state index contributed by atoms with van der Waals surface area (Å²) in [6.45, 7) is 5.98. The Balaban J connectivity index is 1.93. The minimum absolute atomic E-state index is 0.0348. The van der Waals surface area contributed by atoms with Crippen LogP contribution in [0.25, 0.3) is 0 Å². The molecule has 2 aromatic carbocycles. The molecule has 0 N–H and O–H groups in total. The van der Waals surface area contributed by atoms with E-state index in [0.717, 1.165) is 24.0 Å². The van der Waals surface area contributed by atoms with Gasteiger partial charge in [-0.3, -0.25) is 4.79 Å². The lowest BCUT2D eigenvalue weighted by atomic mass is 10.0. The monoisotopic (exact) mass is 424 g/mol. The van der Waals surface area contributed by atoms with Crippen LogP contribution in [-0.2, 0) is 14.6 Å². The maximum Gasteiger partial charge on any atom is 0.242 e. The second kappa shape index (κ2) is 8.00. The van der Waals surface area contributed by atoms with E-state index >= 15 is 0 Å². The normalized spacial score (nSPS) is 25.8. The topological polar surface area (TPSA) is 57.7 Å². The molecule has 3 atom stereocenters. The second-order valence-electron chi connectivity index (χ2n) is 8.19. The summed E-state index contributed by atoms with van der Waals surface area (Å²) in [5.74, 6) is -0.0348. The summed E-state index contributed by atoms with van der Waals surface area (Å²) < 4.78 is 27.9. The van der Waals surface area contributed by atoms with Crippen LogP contribution < -0.4 is 0 Å². The Labute approximate surface area is 178 Å². The quantitative estimate of drug-likeness (QED) is 0.713. The van der Waals surface area contributed by atoms with Crippen molar-refractivity contribution >= 4 is 15.7 Å². The molecule has 2 heterocycles. The molecule has 0 saturated carbocycles. The number of hydrogen-bond acceptors (Lipinski definition) is 4. The SMILES string of the molecule is CCC/C=C1/C(S(=O)(=O)c2ccc(C)cc2)C(c2ccccc2)N2C(C)CC(=O)N12. The number of allylic oxidation sites excluding steroid dienone is 1. The third kappa shape index (κ3) is 3.38. The Morgan fingerprint density at radius 2 is 1.73 bits per heavy atom. The van der Waals surface area contributed by atoms with E-state index in [0.29, 0.717) is 17.0 Å². The lowest BCUT2D eigenvalue weighted by molar-refractivity contribution is -0.133. The highest BCUT2D eigenvalue weighted by molar-refractivity contribution is 7.92. The lowest BCUT2D eigenvalue weighted by Crippen LogP contribution is -2.37. The van der Waals surface area contributed by atoms with Crippen molar-refractivity contribution in [3.63, 3.8) is 0 Å². The van der Waals surface area contributed by atoms with Crippen LogP contribution in [0.1, 0.15) is 50.3 Å². The number of hydrazine groups is 1. The first-order chi connectivity index (χ1) is 14.4. The Kier molecular flexibility index (Phi) is 5.55. The molecule has 0 bridgehead atoms. The van der Waals surface area contributed by atoms with Gasteiger partial charge in [0.05, 0.1) is 16.6 Å². The molecule has 158 valence electrons. The standard InChI is InChI=1S/C24H28N2O3S/c1-4-5-11-21-24(30(28,29)20-14-12-17(2)13-15-20)23(19-9-7-6-8-10-19)25-18(3)16-22(27)26(21)25/h6-15,18,23-24H,4-5,16H2,1-3H3/b21-11-. The highest BCUT2D eigenvalue weighted by atomic mass is 32.2. The van der Waals surface area contributed by atoms with Gasteiger partial charge in [0.15, 0.2) is 9.84 Å². The zero-order valence-electron chi connectivity index (χ0n) is 17.7.